The maximum Gasteiger partial charge on any atom is 0.191 e. The molecule has 0 bridgehead atoms. The zero-order chi connectivity index (χ0) is 15.8. The van der Waals surface area contributed by atoms with E-state index in [4.69, 9.17) is 4.74 Å². The number of aliphatic imine (C=N–C) groups is 1. The highest BCUT2D eigenvalue weighted by molar-refractivity contribution is 5.83. The van der Waals surface area contributed by atoms with Crippen molar-refractivity contribution < 1.29 is 4.74 Å². The van der Waals surface area contributed by atoms with Crippen LogP contribution >= 0.6 is 0 Å². The van der Waals surface area contributed by atoms with Gasteiger partial charge in [-0.05, 0) is 36.2 Å². The molecule has 4 nitrogen and oxygen atoms in total. The fourth-order valence-electron chi connectivity index (χ4n) is 2.35. The first kappa shape index (κ1) is 16.3. The molecule has 4 heteroatoms. The quantitative estimate of drug-likeness (QED) is 0.637. The van der Waals surface area contributed by atoms with Crippen LogP contribution in [-0.2, 0) is 11.3 Å². The summed E-state index contributed by atoms with van der Waals surface area (Å²) in [4.78, 5) is 4.65. The third-order valence-corrected chi connectivity index (χ3v) is 3.38. The van der Waals surface area contributed by atoms with E-state index in [0.717, 1.165) is 12.5 Å². The summed E-state index contributed by atoms with van der Waals surface area (Å²) < 4.78 is 5.15. The molecule has 118 valence electrons. The van der Waals surface area contributed by atoms with Gasteiger partial charge >= 0.3 is 0 Å². The van der Waals surface area contributed by atoms with Crippen molar-refractivity contribution in [2.75, 3.05) is 20.3 Å². The van der Waals surface area contributed by atoms with Gasteiger partial charge in [0.2, 0.25) is 0 Å². The van der Waals surface area contributed by atoms with Crippen LogP contribution in [0.2, 0.25) is 0 Å². The van der Waals surface area contributed by atoms with Crippen LogP contribution in [0.25, 0.3) is 10.8 Å². The van der Waals surface area contributed by atoms with Gasteiger partial charge in [-0.15, -0.1) is 0 Å². The lowest BCUT2D eigenvalue weighted by Crippen LogP contribution is -2.43. The van der Waals surface area contributed by atoms with E-state index in [1.54, 1.807) is 7.11 Å². The molecule has 0 heterocycles. The Balaban J connectivity index is 2.07. The van der Waals surface area contributed by atoms with E-state index in [1.807, 2.05) is 0 Å². The predicted molar refractivity (Wildman–Crippen MR) is 93.2 cm³/mol. The molecular weight excluding hydrogens is 274 g/mol. The molecule has 0 spiro atoms. The number of fused-ring (bicyclic) bond motifs is 1. The van der Waals surface area contributed by atoms with Gasteiger partial charge in [-0.25, -0.2) is 4.99 Å². The average Bonchev–Trinajstić information content (AvgIpc) is 2.53. The van der Waals surface area contributed by atoms with Crippen molar-refractivity contribution in [1.82, 2.24) is 10.6 Å². The standard InChI is InChI=1S/C18H25N3O/c1-4-19-18(21-14(2)13-22-3)20-12-15-9-10-16-7-5-6-8-17(16)11-15/h5-11,14H,4,12-13H2,1-3H3,(H2,19,20,21). The van der Waals surface area contributed by atoms with Gasteiger partial charge in [0.1, 0.15) is 0 Å². The second-order valence-electron chi connectivity index (χ2n) is 5.38. The van der Waals surface area contributed by atoms with E-state index in [1.165, 1.54) is 16.3 Å². The third-order valence-electron chi connectivity index (χ3n) is 3.38. The van der Waals surface area contributed by atoms with Crippen LogP contribution in [0.4, 0.5) is 0 Å². The lowest BCUT2D eigenvalue weighted by Gasteiger charge is -2.17. The van der Waals surface area contributed by atoms with Crippen LogP contribution in [0.1, 0.15) is 19.4 Å². The predicted octanol–water partition coefficient (Wildman–Crippen LogP) is 2.93. The molecule has 0 aromatic heterocycles. The van der Waals surface area contributed by atoms with Gasteiger partial charge in [-0.2, -0.15) is 0 Å². The van der Waals surface area contributed by atoms with E-state index in [-0.39, 0.29) is 6.04 Å². The highest BCUT2D eigenvalue weighted by Crippen LogP contribution is 2.16. The molecule has 0 aliphatic heterocycles. The molecule has 22 heavy (non-hydrogen) atoms. The summed E-state index contributed by atoms with van der Waals surface area (Å²) in [6, 6.07) is 15.1. The summed E-state index contributed by atoms with van der Waals surface area (Å²) in [6.07, 6.45) is 0. The van der Waals surface area contributed by atoms with E-state index < -0.39 is 0 Å². The number of methoxy groups -OCH3 is 1. The minimum Gasteiger partial charge on any atom is -0.383 e. The molecule has 0 radical (unpaired) electrons. The lowest BCUT2D eigenvalue weighted by atomic mass is 10.1. The maximum atomic E-state index is 5.15. The Morgan fingerprint density at radius 2 is 1.95 bits per heavy atom. The molecule has 0 saturated carbocycles. The number of hydrogen-bond donors (Lipinski definition) is 2. The molecule has 2 N–H and O–H groups in total. The molecule has 0 amide bonds. The molecule has 0 aliphatic rings. The first-order valence-corrected chi connectivity index (χ1v) is 7.74. The molecule has 2 aromatic carbocycles. The monoisotopic (exact) mass is 299 g/mol. The van der Waals surface area contributed by atoms with Crippen LogP contribution in [0.15, 0.2) is 47.5 Å². The Morgan fingerprint density at radius 1 is 1.18 bits per heavy atom. The van der Waals surface area contributed by atoms with Crippen LogP contribution in [0.5, 0.6) is 0 Å². The highest BCUT2D eigenvalue weighted by atomic mass is 16.5. The number of hydrogen-bond acceptors (Lipinski definition) is 2. The van der Waals surface area contributed by atoms with E-state index in [0.29, 0.717) is 13.2 Å². The number of ether oxygens (including phenoxy) is 1. The minimum absolute atomic E-state index is 0.222. The number of rotatable bonds is 6. The molecule has 0 saturated heterocycles. The second-order valence-corrected chi connectivity index (χ2v) is 5.38. The third kappa shape index (κ3) is 4.74. The SMILES string of the molecule is CCNC(=NCc1ccc2ccccc2c1)NC(C)COC. The maximum absolute atomic E-state index is 5.15. The van der Waals surface area contributed by atoms with Gasteiger partial charge < -0.3 is 15.4 Å². The smallest absolute Gasteiger partial charge is 0.191 e. The van der Waals surface area contributed by atoms with Crippen molar-refractivity contribution >= 4 is 16.7 Å². The summed E-state index contributed by atoms with van der Waals surface area (Å²) >= 11 is 0. The summed E-state index contributed by atoms with van der Waals surface area (Å²) in [6.45, 7) is 6.28. The van der Waals surface area contributed by atoms with Crippen molar-refractivity contribution in [3.8, 4) is 0 Å². The number of nitrogens with one attached hydrogen (secondary N) is 2. The van der Waals surface area contributed by atoms with Gasteiger partial charge in [0.25, 0.3) is 0 Å². The van der Waals surface area contributed by atoms with Crippen LogP contribution < -0.4 is 10.6 Å². The van der Waals surface area contributed by atoms with Crippen molar-refractivity contribution in [2.45, 2.75) is 26.4 Å². The van der Waals surface area contributed by atoms with E-state index in [2.05, 4.69) is 71.9 Å². The Labute approximate surface area is 132 Å². The number of guanidine groups is 1. The topological polar surface area (TPSA) is 45.7 Å². The van der Waals surface area contributed by atoms with Crippen LogP contribution in [0.3, 0.4) is 0 Å². The molecule has 1 unspecified atom stereocenters. The summed E-state index contributed by atoms with van der Waals surface area (Å²) in [5.41, 5.74) is 1.20. The van der Waals surface area contributed by atoms with Crippen molar-refractivity contribution in [2.24, 2.45) is 4.99 Å². The zero-order valence-electron chi connectivity index (χ0n) is 13.6. The van der Waals surface area contributed by atoms with Gasteiger partial charge in [0, 0.05) is 19.7 Å². The molecule has 0 fully saturated rings. The fraction of sp³-hybridized carbons (Fsp3) is 0.389. The first-order chi connectivity index (χ1) is 10.7. The van der Waals surface area contributed by atoms with Gasteiger partial charge in [-0.1, -0.05) is 36.4 Å². The largest absolute Gasteiger partial charge is 0.383 e. The lowest BCUT2D eigenvalue weighted by molar-refractivity contribution is 0.179. The molecule has 1 atom stereocenters. The Bertz CT molecular complexity index is 625. The van der Waals surface area contributed by atoms with Gasteiger partial charge in [0.05, 0.1) is 13.2 Å². The Morgan fingerprint density at radius 3 is 2.68 bits per heavy atom. The molecule has 2 rings (SSSR count). The van der Waals surface area contributed by atoms with Crippen molar-refractivity contribution in [1.29, 1.82) is 0 Å². The van der Waals surface area contributed by atoms with Crippen LogP contribution in [-0.4, -0.2) is 32.3 Å². The Kier molecular flexibility index (Phi) is 6.22. The summed E-state index contributed by atoms with van der Waals surface area (Å²) in [5, 5.41) is 9.11. The fourth-order valence-corrected chi connectivity index (χ4v) is 2.35. The van der Waals surface area contributed by atoms with Crippen molar-refractivity contribution in [3.63, 3.8) is 0 Å². The van der Waals surface area contributed by atoms with E-state index >= 15 is 0 Å². The molecule has 2 aromatic rings. The summed E-state index contributed by atoms with van der Waals surface area (Å²) in [5.74, 6) is 0.820. The molecular formula is C18H25N3O. The average molecular weight is 299 g/mol. The minimum atomic E-state index is 0.222. The zero-order valence-corrected chi connectivity index (χ0v) is 13.6. The number of nitrogens with zero attached hydrogens (tertiary/aromatic N) is 1. The first-order valence-electron chi connectivity index (χ1n) is 7.74. The van der Waals surface area contributed by atoms with Crippen LogP contribution in [0, 0.1) is 0 Å². The van der Waals surface area contributed by atoms with E-state index in [9.17, 15) is 0 Å². The Hall–Kier alpha value is -2.07. The highest BCUT2D eigenvalue weighted by Gasteiger charge is 2.04. The van der Waals surface area contributed by atoms with Gasteiger partial charge in [-0.3, -0.25) is 0 Å². The summed E-state index contributed by atoms with van der Waals surface area (Å²) in [7, 11) is 1.71. The van der Waals surface area contributed by atoms with Crippen molar-refractivity contribution in [3.05, 3.63) is 48.0 Å². The van der Waals surface area contributed by atoms with Gasteiger partial charge in [0.15, 0.2) is 5.96 Å². The number of benzene rings is 2. The second kappa shape index (κ2) is 8.39. The normalized spacial score (nSPS) is 13.1. The molecule has 0 aliphatic carbocycles.